The normalized spacial score (nSPS) is 16.9. The average molecular weight is 362 g/mol. The van der Waals surface area contributed by atoms with Gasteiger partial charge < -0.3 is 19.5 Å². The zero-order valence-electron chi connectivity index (χ0n) is 15.1. The zero-order valence-corrected chi connectivity index (χ0v) is 15.9. The maximum atomic E-state index is 5.57. The van der Waals surface area contributed by atoms with Gasteiger partial charge in [-0.15, -0.1) is 0 Å². The summed E-state index contributed by atoms with van der Waals surface area (Å²) in [6.07, 6.45) is 1.14. The molecule has 3 rings (SSSR count). The number of hydrogen-bond donors (Lipinski definition) is 1. The van der Waals surface area contributed by atoms with Gasteiger partial charge in [0.25, 0.3) is 0 Å². The fourth-order valence-corrected chi connectivity index (χ4v) is 4.11. The first kappa shape index (κ1) is 18.0. The molecule has 5 nitrogen and oxygen atoms in total. The van der Waals surface area contributed by atoms with Crippen LogP contribution in [0.3, 0.4) is 0 Å². The third kappa shape index (κ3) is 3.92. The van der Waals surface area contributed by atoms with Crippen molar-refractivity contribution in [2.24, 2.45) is 0 Å². The van der Waals surface area contributed by atoms with Gasteiger partial charge in [-0.25, -0.2) is 0 Å². The molecule has 1 fully saturated rings. The van der Waals surface area contributed by atoms with Crippen LogP contribution in [0.25, 0.3) is 0 Å². The van der Waals surface area contributed by atoms with Crippen molar-refractivity contribution in [2.75, 3.05) is 47.5 Å². The lowest BCUT2D eigenvalue weighted by atomic mass is 9.98. The monoisotopic (exact) mass is 362 g/mol. The van der Waals surface area contributed by atoms with E-state index in [0.717, 1.165) is 38.2 Å². The molecule has 1 unspecified atom stereocenters. The van der Waals surface area contributed by atoms with Crippen molar-refractivity contribution in [2.45, 2.75) is 12.5 Å². The van der Waals surface area contributed by atoms with Gasteiger partial charge >= 0.3 is 0 Å². The van der Waals surface area contributed by atoms with Gasteiger partial charge in [-0.3, -0.25) is 4.90 Å². The number of rotatable bonds is 6. The summed E-state index contributed by atoms with van der Waals surface area (Å²) in [6, 6.07) is 6.53. The molecule has 136 valence electrons. The first-order valence-corrected chi connectivity index (χ1v) is 9.49. The highest BCUT2D eigenvalue weighted by Crippen LogP contribution is 2.42. The molecule has 1 N–H and O–H groups in total. The Morgan fingerprint density at radius 2 is 1.76 bits per heavy atom. The molecule has 2 heterocycles. The molecule has 1 aromatic heterocycles. The van der Waals surface area contributed by atoms with E-state index in [4.69, 9.17) is 14.2 Å². The third-order valence-electron chi connectivity index (χ3n) is 4.60. The lowest BCUT2D eigenvalue weighted by molar-refractivity contribution is 0.240. The summed E-state index contributed by atoms with van der Waals surface area (Å²) in [7, 11) is 4.96. The molecular formula is C19H26N2O3S. The predicted octanol–water partition coefficient (Wildman–Crippen LogP) is 3.16. The van der Waals surface area contributed by atoms with Crippen molar-refractivity contribution in [3.63, 3.8) is 0 Å². The smallest absolute Gasteiger partial charge is 0.203 e. The molecule has 25 heavy (non-hydrogen) atoms. The number of benzene rings is 1. The highest BCUT2D eigenvalue weighted by molar-refractivity contribution is 7.08. The van der Waals surface area contributed by atoms with Crippen molar-refractivity contribution >= 4 is 11.3 Å². The zero-order chi connectivity index (χ0) is 17.6. The van der Waals surface area contributed by atoms with Crippen molar-refractivity contribution in [3.05, 3.63) is 40.1 Å². The van der Waals surface area contributed by atoms with E-state index < -0.39 is 0 Å². The van der Waals surface area contributed by atoms with Gasteiger partial charge in [0.2, 0.25) is 5.75 Å². The van der Waals surface area contributed by atoms with Crippen molar-refractivity contribution in [1.29, 1.82) is 0 Å². The number of ether oxygens (including phenoxy) is 3. The molecule has 0 radical (unpaired) electrons. The van der Waals surface area contributed by atoms with Crippen molar-refractivity contribution < 1.29 is 14.2 Å². The van der Waals surface area contributed by atoms with Crippen LogP contribution in [-0.2, 0) is 0 Å². The minimum atomic E-state index is 0.180. The molecule has 0 spiro atoms. The van der Waals surface area contributed by atoms with Gasteiger partial charge in [-0.2, -0.15) is 11.3 Å². The minimum absolute atomic E-state index is 0.180. The molecule has 1 atom stereocenters. The number of nitrogens with one attached hydrogen (secondary N) is 1. The standard InChI is InChI=1S/C19H26N2O3S/c1-22-16-11-15(12-17(23-2)19(16)24-3)18(14-5-10-25-13-14)21-8-4-6-20-7-9-21/h5,10-13,18,20H,4,6-9H2,1-3H3. The highest BCUT2D eigenvalue weighted by Gasteiger charge is 2.26. The van der Waals surface area contributed by atoms with E-state index in [1.54, 1.807) is 32.7 Å². The van der Waals surface area contributed by atoms with Gasteiger partial charge in [0.1, 0.15) is 0 Å². The number of methoxy groups -OCH3 is 3. The largest absolute Gasteiger partial charge is 0.493 e. The second-order valence-corrected chi connectivity index (χ2v) is 6.84. The van der Waals surface area contributed by atoms with E-state index in [2.05, 4.69) is 39.2 Å². The Labute approximate surface area is 153 Å². The maximum absolute atomic E-state index is 5.57. The molecule has 1 aliphatic rings. The summed E-state index contributed by atoms with van der Waals surface area (Å²) in [6.45, 7) is 4.15. The van der Waals surface area contributed by atoms with Crippen LogP contribution < -0.4 is 19.5 Å². The Hall–Kier alpha value is -1.76. The van der Waals surface area contributed by atoms with Crippen molar-refractivity contribution in [1.82, 2.24) is 10.2 Å². The van der Waals surface area contributed by atoms with E-state index in [1.165, 1.54) is 5.56 Å². The lowest BCUT2D eigenvalue weighted by Gasteiger charge is -2.31. The van der Waals surface area contributed by atoms with E-state index >= 15 is 0 Å². The number of hydrogen-bond acceptors (Lipinski definition) is 6. The average Bonchev–Trinajstić information content (AvgIpc) is 3.03. The Bertz CT molecular complexity index is 642. The van der Waals surface area contributed by atoms with Crippen LogP contribution in [-0.4, -0.2) is 52.4 Å². The van der Waals surface area contributed by atoms with E-state index in [-0.39, 0.29) is 6.04 Å². The fraction of sp³-hybridized carbons (Fsp3) is 0.474. The van der Waals surface area contributed by atoms with Crippen LogP contribution in [0.2, 0.25) is 0 Å². The lowest BCUT2D eigenvalue weighted by Crippen LogP contribution is -2.32. The van der Waals surface area contributed by atoms with Crippen LogP contribution in [0, 0.1) is 0 Å². The Kier molecular flexibility index (Phi) is 6.18. The van der Waals surface area contributed by atoms with Crippen LogP contribution in [0.1, 0.15) is 23.6 Å². The summed E-state index contributed by atoms with van der Waals surface area (Å²) in [4.78, 5) is 2.53. The highest BCUT2D eigenvalue weighted by atomic mass is 32.1. The Morgan fingerprint density at radius 3 is 2.36 bits per heavy atom. The summed E-state index contributed by atoms with van der Waals surface area (Å²) >= 11 is 1.73. The molecule has 0 amide bonds. The van der Waals surface area contributed by atoms with Crippen molar-refractivity contribution in [3.8, 4) is 17.2 Å². The second-order valence-electron chi connectivity index (χ2n) is 6.06. The SMILES string of the molecule is COc1cc(C(c2ccsc2)N2CCCNCC2)cc(OC)c1OC. The summed E-state index contributed by atoms with van der Waals surface area (Å²) < 4.78 is 16.6. The molecule has 0 bridgehead atoms. The summed E-state index contributed by atoms with van der Waals surface area (Å²) in [5.41, 5.74) is 2.47. The quantitative estimate of drug-likeness (QED) is 0.855. The molecule has 1 saturated heterocycles. The van der Waals surface area contributed by atoms with E-state index in [1.807, 2.05) is 0 Å². The van der Waals surface area contributed by atoms with E-state index in [0.29, 0.717) is 17.2 Å². The molecule has 2 aromatic rings. The van der Waals surface area contributed by atoms with Gasteiger partial charge in [0.05, 0.1) is 27.4 Å². The molecule has 0 saturated carbocycles. The van der Waals surface area contributed by atoms with Gasteiger partial charge in [0, 0.05) is 19.6 Å². The first-order valence-electron chi connectivity index (χ1n) is 8.55. The van der Waals surface area contributed by atoms with Gasteiger partial charge in [-0.1, -0.05) is 0 Å². The van der Waals surface area contributed by atoms with Gasteiger partial charge in [0.15, 0.2) is 11.5 Å². The number of thiophene rings is 1. The number of nitrogens with zero attached hydrogens (tertiary/aromatic N) is 1. The topological polar surface area (TPSA) is 43.0 Å². The Morgan fingerprint density at radius 1 is 1.00 bits per heavy atom. The minimum Gasteiger partial charge on any atom is -0.493 e. The van der Waals surface area contributed by atoms with Crippen LogP contribution in [0.15, 0.2) is 29.0 Å². The maximum Gasteiger partial charge on any atom is 0.203 e. The molecule has 1 aromatic carbocycles. The first-order chi connectivity index (χ1) is 12.3. The Balaban J connectivity index is 2.06. The third-order valence-corrected chi connectivity index (χ3v) is 5.30. The fourth-order valence-electron chi connectivity index (χ4n) is 3.43. The second kappa shape index (κ2) is 8.56. The summed E-state index contributed by atoms with van der Waals surface area (Å²) in [5, 5.41) is 7.85. The molecular weight excluding hydrogens is 336 g/mol. The van der Waals surface area contributed by atoms with E-state index in [9.17, 15) is 0 Å². The van der Waals surface area contributed by atoms with Gasteiger partial charge in [-0.05, 0) is 53.1 Å². The summed E-state index contributed by atoms with van der Waals surface area (Å²) in [5.74, 6) is 2.03. The van der Waals surface area contributed by atoms with Crippen LogP contribution >= 0.6 is 11.3 Å². The predicted molar refractivity (Wildman–Crippen MR) is 101 cm³/mol. The van der Waals surface area contributed by atoms with Crippen LogP contribution in [0.4, 0.5) is 0 Å². The molecule has 6 heteroatoms. The van der Waals surface area contributed by atoms with Crippen LogP contribution in [0.5, 0.6) is 17.2 Å². The molecule has 0 aliphatic carbocycles. The molecule has 1 aliphatic heterocycles.